The molecule has 0 aliphatic rings. The van der Waals surface area contributed by atoms with Crippen LogP contribution in [0.3, 0.4) is 0 Å². The van der Waals surface area contributed by atoms with Crippen molar-refractivity contribution in [2.45, 2.75) is 39.9 Å². The highest BCUT2D eigenvalue weighted by Gasteiger charge is 2.10. The molecule has 0 saturated carbocycles. The topological polar surface area (TPSA) is 58.6 Å². The van der Waals surface area contributed by atoms with Gasteiger partial charge < -0.3 is 4.98 Å². The highest BCUT2D eigenvalue weighted by Crippen LogP contribution is 2.13. The Kier molecular flexibility index (Phi) is 3.77. The Bertz CT molecular complexity index is 776. The Morgan fingerprint density at radius 1 is 1.30 bits per heavy atom. The fourth-order valence-electron chi connectivity index (χ4n) is 1.80. The van der Waals surface area contributed by atoms with Crippen molar-refractivity contribution in [2.24, 2.45) is 0 Å². The number of nitrogens with one attached hydrogen (secondary N) is 1. The van der Waals surface area contributed by atoms with Crippen molar-refractivity contribution in [3.8, 4) is 11.5 Å². The van der Waals surface area contributed by atoms with E-state index < -0.39 is 8.07 Å². The highest BCUT2D eigenvalue weighted by molar-refractivity contribution is 6.83. The van der Waals surface area contributed by atoms with E-state index >= 15 is 0 Å². The number of aromatic nitrogens is 3. The Labute approximate surface area is 119 Å². The van der Waals surface area contributed by atoms with E-state index in [-0.39, 0.29) is 5.56 Å². The van der Waals surface area contributed by atoms with E-state index in [1.54, 1.807) is 6.07 Å². The minimum absolute atomic E-state index is 0.177. The van der Waals surface area contributed by atoms with Gasteiger partial charge in [-0.25, -0.2) is 9.97 Å². The maximum Gasteiger partial charge on any atom is 0.265 e. The van der Waals surface area contributed by atoms with E-state index in [1.807, 2.05) is 13.8 Å². The van der Waals surface area contributed by atoms with Crippen LogP contribution in [0, 0.1) is 18.4 Å². The molecule has 104 valence electrons. The van der Waals surface area contributed by atoms with Gasteiger partial charge in [0.2, 0.25) is 0 Å². The second-order valence-electron chi connectivity index (χ2n) is 5.85. The molecule has 2 rings (SSSR count). The fraction of sp³-hybridized carbons (Fsp3) is 0.400. The van der Waals surface area contributed by atoms with Crippen LogP contribution in [0.2, 0.25) is 19.6 Å². The first kappa shape index (κ1) is 14.5. The molecule has 2 aromatic heterocycles. The number of fused-ring (bicyclic) bond motifs is 1. The molecule has 5 heteroatoms. The normalized spacial score (nSPS) is 11.2. The molecule has 4 nitrogen and oxygen atoms in total. The smallest absolute Gasteiger partial charge is 0.265 e. The van der Waals surface area contributed by atoms with Crippen LogP contribution in [-0.4, -0.2) is 23.0 Å². The zero-order valence-corrected chi connectivity index (χ0v) is 13.6. The number of aryl methyl sites for hydroxylation is 2. The van der Waals surface area contributed by atoms with Crippen LogP contribution in [0.1, 0.15) is 24.0 Å². The second-order valence-corrected chi connectivity index (χ2v) is 10.6. The highest BCUT2D eigenvalue weighted by atomic mass is 28.3. The summed E-state index contributed by atoms with van der Waals surface area (Å²) in [6.07, 6.45) is 0.746. The Morgan fingerprint density at radius 3 is 2.60 bits per heavy atom. The number of nitrogens with zero attached hydrogens (tertiary/aromatic N) is 2. The standard InChI is InChI=1S/C15H19N3OSi/c1-6-13-16-10(2)12-9-11(7-8-20(3,4)5)15(19)18-14(12)17-13/h9H,6H2,1-5H3,(H,16,17,18,19). The van der Waals surface area contributed by atoms with Crippen LogP contribution in [0.15, 0.2) is 10.9 Å². The number of rotatable bonds is 1. The van der Waals surface area contributed by atoms with Gasteiger partial charge in [-0.3, -0.25) is 4.79 Å². The van der Waals surface area contributed by atoms with Crippen LogP contribution in [0.4, 0.5) is 0 Å². The Balaban J connectivity index is 2.66. The van der Waals surface area contributed by atoms with Gasteiger partial charge in [-0.1, -0.05) is 32.5 Å². The lowest BCUT2D eigenvalue weighted by molar-refractivity contribution is 0.932. The fourth-order valence-corrected chi connectivity index (χ4v) is 2.31. The molecule has 0 atom stereocenters. The Morgan fingerprint density at radius 2 is 2.00 bits per heavy atom. The molecule has 0 amide bonds. The molecule has 0 bridgehead atoms. The average Bonchev–Trinajstić information content (AvgIpc) is 2.35. The van der Waals surface area contributed by atoms with Crippen LogP contribution >= 0.6 is 0 Å². The third kappa shape index (κ3) is 3.14. The molecular formula is C15H19N3OSi. The average molecular weight is 285 g/mol. The minimum atomic E-state index is -1.50. The van der Waals surface area contributed by atoms with Gasteiger partial charge in [-0.15, -0.1) is 5.54 Å². The third-order valence-electron chi connectivity index (χ3n) is 2.84. The first-order valence-electron chi connectivity index (χ1n) is 6.74. The van der Waals surface area contributed by atoms with Crippen molar-refractivity contribution in [2.75, 3.05) is 0 Å². The summed E-state index contributed by atoms with van der Waals surface area (Å²) in [6, 6.07) is 1.80. The summed E-state index contributed by atoms with van der Waals surface area (Å²) < 4.78 is 0. The second kappa shape index (κ2) is 5.21. The van der Waals surface area contributed by atoms with Crippen molar-refractivity contribution in [3.63, 3.8) is 0 Å². The summed E-state index contributed by atoms with van der Waals surface area (Å²) in [7, 11) is -1.50. The van der Waals surface area contributed by atoms with Crippen LogP contribution in [0.25, 0.3) is 11.0 Å². The number of H-pyrrole nitrogens is 1. The van der Waals surface area contributed by atoms with E-state index in [1.165, 1.54) is 0 Å². The number of pyridine rings is 1. The van der Waals surface area contributed by atoms with Gasteiger partial charge in [-0.05, 0) is 13.0 Å². The molecule has 20 heavy (non-hydrogen) atoms. The first-order chi connectivity index (χ1) is 9.30. The van der Waals surface area contributed by atoms with Gasteiger partial charge in [0.25, 0.3) is 5.56 Å². The van der Waals surface area contributed by atoms with E-state index in [0.29, 0.717) is 11.2 Å². The number of hydrogen-bond acceptors (Lipinski definition) is 3. The molecule has 0 spiro atoms. The summed E-state index contributed by atoms with van der Waals surface area (Å²) >= 11 is 0. The zero-order valence-electron chi connectivity index (χ0n) is 12.6. The van der Waals surface area contributed by atoms with E-state index in [2.05, 4.69) is 46.1 Å². The van der Waals surface area contributed by atoms with Crippen molar-refractivity contribution in [3.05, 3.63) is 33.5 Å². The maximum atomic E-state index is 12.1. The van der Waals surface area contributed by atoms with Crippen molar-refractivity contribution in [1.29, 1.82) is 0 Å². The predicted molar refractivity (Wildman–Crippen MR) is 84.5 cm³/mol. The van der Waals surface area contributed by atoms with Crippen molar-refractivity contribution in [1.82, 2.24) is 15.0 Å². The zero-order chi connectivity index (χ0) is 14.9. The molecule has 0 aliphatic carbocycles. The van der Waals surface area contributed by atoms with Gasteiger partial charge in [0.05, 0.1) is 11.3 Å². The minimum Gasteiger partial charge on any atom is -0.305 e. The van der Waals surface area contributed by atoms with Crippen LogP contribution in [0.5, 0.6) is 0 Å². The molecule has 2 heterocycles. The lowest BCUT2D eigenvalue weighted by Crippen LogP contribution is -2.18. The van der Waals surface area contributed by atoms with E-state index in [9.17, 15) is 4.79 Å². The van der Waals surface area contributed by atoms with Gasteiger partial charge in [0.15, 0.2) is 0 Å². The molecule has 0 radical (unpaired) electrons. The predicted octanol–water partition coefficient (Wildman–Crippen LogP) is 2.42. The van der Waals surface area contributed by atoms with Gasteiger partial charge in [0, 0.05) is 11.8 Å². The molecule has 0 unspecified atom stereocenters. The Hall–Kier alpha value is -1.93. The van der Waals surface area contributed by atoms with Gasteiger partial charge >= 0.3 is 0 Å². The van der Waals surface area contributed by atoms with Gasteiger partial charge in [-0.2, -0.15) is 0 Å². The van der Waals surface area contributed by atoms with Crippen LogP contribution in [-0.2, 0) is 6.42 Å². The largest absolute Gasteiger partial charge is 0.305 e. The summed E-state index contributed by atoms with van der Waals surface area (Å²) in [5.41, 5.74) is 5.00. The summed E-state index contributed by atoms with van der Waals surface area (Å²) in [5.74, 6) is 3.76. The third-order valence-corrected chi connectivity index (χ3v) is 3.71. The maximum absolute atomic E-state index is 12.1. The SMILES string of the molecule is CCc1nc(C)c2cc(C#C[Si](C)(C)C)c(=O)[nH]c2n1. The first-order valence-corrected chi connectivity index (χ1v) is 10.2. The van der Waals surface area contributed by atoms with E-state index in [4.69, 9.17) is 0 Å². The van der Waals surface area contributed by atoms with E-state index in [0.717, 1.165) is 23.3 Å². The quantitative estimate of drug-likeness (QED) is 0.646. The summed E-state index contributed by atoms with van der Waals surface area (Å²) in [4.78, 5) is 23.7. The molecule has 0 aromatic carbocycles. The number of hydrogen-bond donors (Lipinski definition) is 1. The lowest BCUT2D eigenvalue weighted by Gasteiger charge is -2.05. The molecule has 0 saturated heterocycles. The molecular weight excluding hydrogens is 266 g/mol. The molecule has 1 N–H and O–H groups in total. The summed E-state index contributed by atoms with van der Waals surface area (Å²) in [6.45, 7) is 10.4. The van der Waals surface area contributed by atoms with Crippen LogP contribution < -0.4 is 5.56 Å². The summed E-state index contributed by atoms with van der Waals surface area (Å²) in [5, 5.41) is 0.863. The molecule has 0 aliphatic heterocycles. The number of aromatic amines is 1. The van der Waals surface area contributed by atoms with Crippen molar-refractivity contribution >= 4 is 19.1 Å². The van der Waals surface area contributed by atoms with Gasteiger partial charge in [0.1, 0.15) is 19.5 Å². The molecule has 2 aromatic rings. The lowest BCUT2D eigenvalue weighted by atomic mass is 10.2. The molecule has 0 fully saturated rings. The monoisotopic (exact) mass is 285 g/mol. The van der Waals surface area contributed by atoms with Crippen molar-refractivity contribution < 1.29 is 0 Å².